The molecule has 0 unspecified atom stereocenters. The third-order valence-corrected chi connectivity index (χ3v) is 3.72. The van der Waals surface area contributed by atoms with Crippen LogP contribution in [-0.2, 0) is 14.3 Å². The molecule has 0 spiro atoms. The molecule has 1 amide bonds. The number of rotatable bonds is 6. The molecule has 0 saturated carbocycles. The number of hydrogen-bond donors (Lipinski definition) is 1. The van der Waals surface area contributed by atoms with E-state index in [4.69, 9.17) is 16.3 Å². The molecular formula is C18H13ClF2N2O5. The van der Waals surface area contributed by atoms with E-state index in [2.05, 4.69) is 5.32 Å². The number of esters is 1. The zero-order chi connectivity index (χ0) is 20.8. The second-order valence-corrected chi connectivity index (χ2v) is 5.91. The van der Waals surface area contributed by atoms with Gasteiger partial charge in [-0.3, -0.25) is 14.9 Å². The molecule has 2 aromatic rings. The van der Waals surface area contributed by atoms with Crippen LogP contribution in [-0.4, -0.2) is 22.9 Å². The summed E-state index contributed by atoms with van der Waals surface area (Å²) in [6.07, 6.45) is 1.11. The monoisotopic (exact) mass is 410 g/mol. The van der Waals surface area contributed by atoms with Gasteiger partial charge in [0.05, 0.1) is 9.95 Å². The van der Waals surface area contributed by atoms with Crippen LogP contribution < -0.4 is 5.32 Å². The highest BCUT2D eigenvalue weighted by atomic mass is 35.5. The van der Waals surface area contributed by atoms with Crippen molar-refractivity contribution in [3.05, 3.63) is 74.8 Å². The fourth-order valence-corrected chi connectivity index (χ4v) is 2.21. The minimum atomic E-state index is -1.24. The van der Waals surface area contributed by atoms with Gasteiger partial charge in [-0.05, 0) is 42.8 Å². The summed E-state index contributed by atoms with van der Waals surface area (Å²) >= 11 is 5.63. The zero-order valence-electron chi connectivity index (χ0n) is 14.3. The Labute approximate surface area is 162 Å². The van der Waals surface area contributed by atoms with Crippen LogP contribution in [0.2, 0.25) is 5.02 Å². The van der Waals surface area contributed by atoms with Gasteiger partial charge in [-0.1, -0.05) is 17.7 Å². The van der Waals surface area contributed by atoms with Crippen LogP contribution in [0.1, 0.15) is 12.5 Å². The van der Waals surface area contributed by atoms with E-state index in [9.17, 15) is 28.5 Å². The van der Waals surface area contributed by atoms with Crippen molar-refractivity contribution in [2.45, 2.75) is 13.0 Å². The SMILES string of the molecule is C[C@@H](OC(=O)/C=C/c1ccc(F)c(Cl)c1)C(=O)Nc1ccc(F)c([N+](=O)[O-])c1. The number of nitro groups is 1. The van der Waals surface area contributed by atoms with Gasteiger partial charge in [-0.15, -0.1) is 0 Å². The largest absolute Gasteiger partial charge is 0.449 e. The fourth-order valence-electron chi connectivity index (χ4n) is 2.02. The van der Waals surface area contributed by atoms with Gasteiger partial charge < -0.3 is 10.1 Å². The lowest BCUT2D eigenvalue weighted by molar-refractivity contribution is -0.387. The van der Waals surface area contributed by atoms with E-state index in [1.165, 1.54) is 25.1 Å². The lowest BCUT2D eigenvalue weighted by Crippen LogP contribution is -2.29. The number of halogens is 3. The number of anilines is 1. The summed E-state index contributed by atoms with van der Waals surface area (Å²) < 4.78 is 31.3. The van der Waals surface area contributed by atoms with Gasteiger partial charge in [0.25, 0.3) is 5.91 Å². The first kappa shape index (κ1) is 21.0. The van der Waals surface area contributed by atoms with Gasteiger partial charge >= 0.3 is 11.7 Å². The minimum Gasteiger partial charge on any atom is -0.449 e. The molecule has 0 aliphatic carbocycles. The van der Waals surface area contributed by atoms with Crippen LogP contribution in [0, 0.1) is 21.7 Å². The topological polar surface area (TPSA) is 98.5 Å². The zero-order valence-corrected chi connectivity index (χ0v) is 15.1. The highest BCUT2D eigenvalue weighted by Crippen LogP contribution is 2.22. The molecule has 1 N–H and O–H groups in total. The van der Waals surface area contributed by atoms with Gasteiger partial charge in [0.15, 0.2) is 6.10 Å². The molecule has 0 heterocycles. The summed E-state index contributed by atoms with van der Waals surface area (Å²) in [6.45, 7) is 1.29. The first-order valence-electron chi connectivity index (χ1n) is 7.76. The van der Waals surface area contributed by atoms with Crippen LogP contribution in [0.25, 0.3) is 6.08 Å². The van der Waals surface area contributed by atoms with Crippen molar-refractivity contribution in [2.24, 2.45) is 0 Å². The molecule has 2 aromatic carbocycles. The number of ether oxygens (including phenoxy) is 1. The van der Waals surface area contributed by atoms with E-state index >= 15 is 0 Å². The normalized spacial score (nSPS) is 11.9. The number of nitrogens with one attached hydrogen (secondary N) is 1. The Hall–Kier alpha value is -3.33. The molecule has 1 atom stereocenters. The van der Waals surface area contributed by atoms with Crippen molar-refractivity contribution in [3.63, 3.8) is 0 Å². The highest BCUT2D eigenvalue weighted by molar-refractivity contribution is 6.30. The Balaban J connectivity index is 1.97. The maximum Gasteiger partial charge on any atom is 0.331 e. The molecule has 2 rings (SSSR count). The van der Waals surface area contributed by atoms with Crippen LogP contribution in [0.4, 0.5) is 20.2 Å². The standard InChI is InChI=1S/C18H13ClF2N2O5/c1-10(18(25)22-12-4-6-15(21)16(9-12)23(26)27)28-17(24)7-3-11-2-5-14(20)13(19)8-11/h2-10H,1H3,(H,22,25)/b7-3+/t10-/m1/s1. The van der Waals surface area contributed by atoms with E-state index < -0.39 is 40.2 Å². The van der Waals surface area contributed by atoms with Crippen molar-refractivity contribution in [2.75, 3.05) is 5.32 Å². The predicted molar refractivity (Wildman–Crippen MR) is 97.7 cm³/mol. The molecule has 28 heavy (non-hydrogen) atoms. The highest BCUT2D eigenvalue weighted by Gasteiger charge is 2.19. The molecule has 0 bridgehead atoms. The summed E-state index contributed by atoms with van der Waals surface area (Å²) in [5.41, 5.74) is -0.389. The molecule has 7 nitrogen and oxygen atoms in total. The van der Waals surface area contributed by atoms with Crippen molar-refractivity contribution < 1.29 is 28.0 Å². The summed E-state index contributed by atoms with van der Waals surface area (Å²) in [5, 5.41) is 12.9. The van der Waals surface area contributed by atoms with Crippen LogP contribution in [0.15, 0.2) is 42.5 Å². The van der Waals surface area contributed by atoms with E-state index in [0.29, 0.717) is 5.56 Å². The number of amides is 1. The molecule has 10 heteroatoms. The van der Waals surface area contributed by atoms with Gasteiger partial charge in [0, 0.05) is 17.8 Å². The molecule has 0 fully saturated rings. The summed E-state index contributed by atoms with van der Waals surface area (Å²) in [4.78, 5) is 33.6. The third-order valence-electron chi connectivity index (χ3n) is 3.43. The summed E-state index contributed by atoms with van der Waals surface area (Å²) in [6, 6.07) is 6.64. The van der Waals surface area contributed by atoms with E-state index in [1.54, 1.807) is 0 Å². The van der Waals surface area contributed by atoms with Gasteiger partial charge in [0.2, 0.25) is 5.82 Å². The summed E-state index contributed by atoms with van der Waals surface area (Å²) in [5.74, 6) is -3.28. The Morgan fingerprint density at radius 3 is 2.54 bits per heavy atom. The van der Waals surface area contributed by atoms with Crippen LogP contribution in [0.5, 0.6) is 0 Å². The maximum atomic E-state index is 13.3. The Morgan fingerprint density at radius 1 is 1.21 bits per heavy atom. The first-order valence-corrected chi connectivity index (χ1v) is 8.13. The van der Waals surface area contributed by atoms with Crippen LogP contribution >= 0.6 is 11.6 Å². The molecule has 0 aromatic heterocycles. The van der Waals surface area contributed by atoms with Gasteiger partial charge in [0.1, 0.15) is 5.82 Å². The Morgan fingerprint density at radius 2 is 1.89 bits per heavy atom. The molecular weight excluding hydrogens is 398 g/mol. The lowest BCUT2D eigenvalue weighted by atomic mass is 10.2. The van der Waals surface area contributed by atoms with Crippen LogP contribution in [0.3, 0.4) is 0 Å². The first-order chi connectivity index (χ1) is 13.2. The average molecular weight is 411 g/mol. The number of nitro benzene ring substituents is 1. The van der Waals surface area contributed by atoms with E-state index in [0.717, 1.165) is 30.3 Å². The Kier molecular flexibility index (Phi) is 6.78. The second kappa shape index (κ2) is 9.05. The average Bonchev–Trinajstić information content (AvgIpc) is 2.64. The smallest absolute Gasteiger partial charge is 0.331 e. The lowest BCUT2D eigenvalue weighted by Gasteiger charge is -2.12. The van der Waals surface area contributed by atoms with E-state index in [1.807, 2.05) is 0 Å². The quantitative estimate of drug-likeness (QED) is 0.334. The minimum absolute atomic E-state index is 0.0301. The number of carbonyl (C=O) groups excluding carboxylic acids is 2. The molecule has 0 saturated heterocycles. The predicted octanol–water partition coefficient (Wildman–Crippen LogP) is 4.11. The molecule has 0 radical (unpaired) electrons. The van der Waals surface area contributed by atoms with Crippen molar-refractivity contribution >= 4 is 40.9 Å². The van der Waals surface area contributed by atoms with Gasteiger partial charge in [-0.25, -0.2) is 9.18 Å². The van der Waals surface area contributed by atoms with Crippen molar-refractivity contribution in [3.8, 4) is 0 Å². The van der Waals surface area contributed by atoms with Crippen molar-refractivity contribution in [1.29, 1.82) is 0 Å². The Bertz CT molecular complexity index is 965. The van der Waals surface area contributed by atoms with Gasteiger partial charge in [-0.2, -0.15) is 4.39 Å². The third kappa shape index (κ3) is 5.58. The number of carbonyl (C=O) groups is 2. The second-order valence-electron chi connectivity index (χ2n) is 5.50. The fraction of sp³-hybridized carbons (Fsp3) is 0.111. The number of hydrogen-bond acceptors (Lipinski definition) is 5. The molecule has 146 valence electrons. The molecule has 0 aliphatic heterocycles. The molecule has 0 aliphatic rings. The van der Waals surface area contributed by atoms with E-state index in [-0.39, 0.29) is 10.7 Å². The summed E-state index contributed by atoms with van der Waals surface area (Å²) in [7, 11) is 0. The maximum absolute atomic E-state index is 13.3. The number of nitrogens with zero attached hydrogens (tertiary/aromatic N) is 1. The van der Waals surface area contributed by atoms with Crippen molar-refractivity contribution in [1.82, 2.24) is 0 Å². The number of benzene rings is 2.